The van der Waals surface area contributed by atoms with Crippen LogP contribution in [0.25, 0.3) is 0 Å². The number of hydrogen-bond acceptors (Lipinski definition) is 8. The molecule has 290 valence electrons. The molecule has 1 heterocycles. The summed E-state index contributed by atoms with van der Waals surface area (Å²) in [6, 6.07) is -0.843. The van der Waals surface area contributed by atoms with E-state index in [9.17, 15) is 30.3 Å². The van der Waals surface area contributed by atoms with Gasteiger partial charge in [-0.1, -0.05) is 118 Å². The summed E-state index contributed by atoms with van der Waals surface area (Å²) in [6.07, 6.45) is 36.3. The number of carbonyl (C=O) groups is 1. The van der Waals surface area contributed by atoms with Crippen molar-refractivity contribution in [2.24, 2.45) is 0 Å². The van der Waals surface area contributed by atoms with Gasteiger partial charge >= 0.3 is 0 Å². The summed E-state index contributed by atoms with van der Waals surface area (Å²) in [7, 11) is 0. The molecule has 0 spiro atoms. The molecule has 6 N–H and O–H groups in total. The Morgan fingerprint density at radius 3 is 1.84 bits per heavy atom. The second-order valence-electron chi connectivity index (χ2n) is 13.0. The van der Waals surface area contributed by atoms with E-state index in [1.807, 2.05) is 6.08 Å². The molecule has 1 aliphatic heterocycles. The van der Waals surface area contributed by atoms with Crippen LogP contribution in [-0.2, 0) is 14.3 Å². The highest BCUT2D eigenvalue weighted by Gasteiger charge is 2.44. The third-order valence-electron chi connectivity index (χ3n) is 8.41. The van der Waals surface area contributed by atoms with Crippen LogP contribution in [0.1, 0.15) is 117 Å². The quantitative estimate of drug-likeness (QED) is 0.0365. The fraction of sp³-hybridized carbons (Fsp3) is 0.643. The molecule has 0 radical (unpaired) electrons. The van der Waals surface area contributed by atoms with Crippen molar-refractivity contribution in [3.05, 3.63) is 85.1 Å². The number of nitrogens with one attached hydrogen (secondary N) is 1. The molecule has 51 heavy (non-hydrogen) atoms. The standard InChI is InChI=1S/C42H69NO8/c1-3-5-7-9-11-13-15-16-17-18-19-20-22-24-26-28-30-32-38(46)43-35(34-50-42-41(49)40(48)39(47)37(33-44)51-42)36(45)31-29-27-25-23-21-14-12-10-8-6-4-2/h5,7-8,10-11,13,16-17,19-21,23,29,31,35-37,39-42,44-45,47-49H,3-4,6,9,12,14-15,18,22,24-28,30,32-34H2,1-2H3,(H,43,46)/b7-5-,10-8+,13-11-,17-16-,20-19-,23-21+,31-29+. The maximum atomic E-state index is 12.9. The Balaban J connectivity index is 2.49. The van der Waals surface area contributed by atoms with Crippen LogP contribution in [0.5, 0.6) is 0 Å². The molecule has 0 saturated carbocycles. The summed E-state index contributed by atoms with van der Waals surface area (Å²) in [6.45, 7) is 3.50. The van der Waals surface area contributed by atoms with Crippen molar-refractivity contribution in [3.63, 3.8) is 0 Å². The van der Waals surface area contributed by atoms with Gasteiger partial charge in [-0.25, -0.2) is 0 Å². The third-order valence-corrected chi connectivity index (χ3v) is 8.41. The molecule has 1 amide bonds. The molecule has 0 aromatic rings. The number of aliphatic hydroxyl groups excluding tert-OH is 5. The zero-order chi connectivity index (χ0) is 37.4. The highest BCUT2D eigenvalue weighted by molar-refractivity contribution is 5.76. The molecular formula is C42H69NO8. The smallest absolute Gasteiger partial charge is 0.220 e. The van der Waals surface area contributed by atoms with Gasteiger partial charge in [0.1, 0.15) is 24.4 Å². The maximum Gasteiger partial charge on any atom is 0.220 e. The summed E-state index contributed by atoms with van der Waals surface area (Å²) in [5, 5.41) is 53.8. The average Bonchev–Trinajstić information content (AvgIpc) is 3.13. The van der Waals surface area contributed by atoms with Crippen LogP contribution in [0, 0.1) is 0 Å². The van der Waals surface area contributed by atoms with Gasteiger partial charge in [0, 0.05) is 6.42 Å². The number of carbonyl (C=O) groups excluding carboxylic acids is 1. The van der Waals surface area contributed by atoms with E-state index in [0.717, 1.165) is 83.5 Å². The van der Waals surface area contributed by atoms with Crippen molar-refractivity contribution in [3.8, 4) is 0 Å². The Morgan fingerprint density at radius 2 is 1.24 bits per heavy atom. The zero-order valence-corrected chi connectivity index (χ0v) is 31.3. The van der Waals surface area contributed by atoms with E-state index in [0.29, 0.717) is 19.3 Å². The molecule has 1 fully saturated rings. The van der Waals surface area contributed by atoms with Gasteiger partial charge in [0.15, 0.2) is 6.29 Å². The molecular weight excluding hydrogens is 646 g/mol. The predicted molar refractivity (Wildman–Crippen MR) is 207 cm³/mol. The topological polar surface area (TPSA) is 149 Å². The van der Waals surface area contributed by atoms with Crippen LogP contribution in [0.2, 0.25) is 0 Å². The first-order valence-electron chi connectivity index (χ1n) is 19.3. The fourth-order valence-corrected chi connectivity index (χ4v) is 5.30. The normalized spacial score (nSPS) is 23.0. The highest BCUT2D eigenvalue weighted by Crippen LogP contribution is 2.22. The second-order valence-corrected chi connectivity index (χ2v) is 13.0. The zero-order valence-electron chi connectivity index (χ0n) is 31.3. The van der Waals surface area contributed by atoms with Crippen molar-refractivity contribution >= 4 is 5.91 Å². The van der Waals surface area contributed by atoms with Gasteiger partial charge in [-0.3, -0.25) is 4.79 Å². The number of hydrogen-bond donors (Lipinski definition) is 6. The van der Waals surface area contributed by atoms with Crippen LogP contribution < -0.4 is 5.32 Å². The summed E-state index contributed by atoms with van der Waals surface area (Å²) in [4.78, 5) is 12.9. The fourth-order valence-electron chi connectivity index (χ4n) is 5.30. The van der Waals surface area contributed by atoms with E-state index >= 15 is 0 Å². The number of allylic oxidation sites excluding steroid dienone is 13. The second kappa shape index (κ2) is 32.1. The molecule has 0 aliphatic carbocycles. The van der Waals surface area contributed by atoms with Crippen molar-refractivity contribution in [2.45, 2.75) is 159 Å². The Kier molecular flexibility index (Phi) is 29.2. The molecule has 9 heteroatoms. The third kappa shape index (κ3) is 23.5. The van der Waals surface area contributed by atoms with Gasteiger partial charge < -0.3 is 40.3 Å². The van der Waals surface area contributed by atoms with Crippen LogP contribution in [-0.4, -0.2) is 87.5 Å². The molecule has 9 nitrogen and oxygen atoms in total. The van der Waals surface area contributed by atoms with E-state index in [-0.39, 0.29) is 12.5 Å². The summed E-state index contributed by atoms with van der Waals surface area (Å²) in [5.74, 6) is -0.222. The first kappa shape index (κ1) is 46.4. The Morgan fingerprint density at radius 1 is 0.686 bits per heavy atom. The number of ether oxygens (including phenoxy) is 2. The van der Waals surface area contributed by atoms with Crippen LogP contribution in [0.15, 0.2) is 85.1 Å². The van der Waals surface area contributed by atoms with Crippen molar-refractivity contribution in [1.82, 2.24) is 5.32 Å². The molecule has 7 unspecified atom stereocenters. The van der Waals surface area contributed by atoms with Gasteiger partial charge in [-0.15, -0.1) is 0 Å². The molecule has 1 saturated heterocycles. The monoisotopic (exact) mass is 716 g/mol. The van der Waals surface area contributed by atoms with E-state index in [2.05, 4.69) is 92.1 Å². The van der Waals surface area contributed by atoms with E-state index in [4.69, 9.17) is 9.47 Å². The minimum absolute atomic E-state index is 0.222. The molecule has 0 aromatic heterocycles. The summed E-state index contributed by atoms with van der Waals surface area (Å²) in [5.41, 5.74) is 0. The lowest BCUT2D eigenvalue weighted by Gasteiger charge is -2.40. The Hall–Kier alpha value is -2.63. The highest BCUT2D eigenvalue weighted by atomic mass is 16.7. The maximum absolute atomic E-state index is 12.9. The minimum Gasteiger partial charge on any atom is -0.394 e. The van der Waals surface area contributed by atoms with Gasteiger partial charge in [-0.05, 0) is 77.0 Å². The first-order valence-corrected chi connectivity index (χ1v) is 19.3. The lowest BCUT2D eigenvalue weighted by molar-refractivity contribution is -0.302. The van der Waals surface area contributed by atoms with Crippen molar-refractivity contribution in [1.29, 1.82) is 0 Å². The summed E-state index contributed by atoms with van der Waals surface area (Å²) >= 11 is 0. The Bertz CT molecular complexity index is 1060. The van der Waals surface area contributed by atoms with Crippen LogP contribution in [0.4, 0.5) is 0 Å². The van der Waals surface area contributed by atoms with Crippen molar-refractivity contribution < 1.29 is 39.8 Å². The van der Waals surface area contributed by atoms with Gasteiger partial charge in [0.05, 0.1) is 25.4 Å². The van der Waals surface area contributed by atoms with Crippen LogP contribution in [0.3, 0.4) is 0 Å². The first-order chi connectivity index (χ1) is 24.8. The molecule has 0 aromatic carbocycles. The van der Waals surface area contributed by atoms with E-state index < -0.39 is 49.5 Å². The molecule has 7 atom stereocenters. The Labute approximate surface area is 308 Å². The number of unbranched alkanes of at least 4 members (excludes halogenated alkanes) is 7. The molecule has 0 bridgehead atoms. The van der Waals surface area contributed by atoms with Crippen LogP contribution >= 0.6 is 0 Å². The van der Waals surface area contributed by atoms with Crippen molar-refractivity contribution in [2.75, 3.05) is 13.2 Å². The summed E-state index contributed by atoms with van der Waals surface area (Å²) < 4.78 is 11.1. The number of aliphatic hydroxyl groups is 5. The average molecular weight is 716 g/mol. The predicted octanol–water partition coefficient (Wildman–Crippen LogP) is 6.82. The lowest BCUT2D eigenvalue weighted by atomic mass is 9.99. The van der Waals surface area contributed by atoms with Gasteiger partial charge in [0.2, 0.25) is 5.91 Å². The largest absolute Gasteiger partial charge is 0.394 e. The van der Waals surface area contributed by atoms with E-state index in [1.54, 1.807) is 6.08 Å². The van der Waals surface area contributed by atoms with E-state index in [1.165, 1.54) is 0 Å². The minimum atomic E-state index is -1.58. The van der Waals surface area contributed by atoms with Gasteiger partial charge in [0.25, 0.3) is 0 Å². The van der Waals surface area contributed by atoms with Gasteiger partial charge in [-0.2, -0.15) is 0 Å². The molecule has 1 aliphatic rings. The molecule has 1 rings (SSSR count). The number of rotatable bonds is 29. The lowest BCUT2D eigenvalue weighted by Crippen LogP contribution is -2.60. The SMILES string of the molecule is CC/C=C\C/C=C\C/C=C\C/C=C\CCCCCCC(=O)NC(COC1OC(CO)C(O)C(O)C1O)C(O)/C=C/CC/C=C/CC/C=C/CCC. The number of amides is 1.